The number of pyridine rings is 1. The Morgan fingerprint density at radius 2 is 2.00 bits per heavy atom. The molecule has 0 unspecified atom stereocenters. The van der Waals surface area contributed by atoms with Crippen LogP contribution in [0.15, 0.2) is 35.4 Å². The maximum Gasteiger partial charge on any atom is 0.0716 e. The summed E-state index contributed by atoms with van der Waals surface area (Å²) in [5, 5.41) is 6.84. The van der Waals surface area contributed by atoms with E-state index in [4.69, 9.17) is 5.14 Å². The fourth-order valence-corrected chi connectivity index (χ4v) is 2.17. The monoisotopic (exact) mass is 232 g/mol. The van der Waals surface area contributed by atoms with Crippen LogP contribution < -0.4 is 5.14 Å². The molecule has 2 rings (SSSR count). The third kappa shape index (κ3) is 2.06. The lowest BCUT2D eigenvalue weighted by Gasteiger charge is -2.20. The van der Waals surface area contributed by atoms with E-state index in [9.17, 15) is 0 Å². The van der Waals surface area contributed by atoms with Gasteiger partial charge in [0, 0.05) is 16.5 Å². The Labute approximate surface area is 100 Å². The molecule has 0 saturated heterocycles. The number of benzene rings is 1. The second-order valence-corrected chi connectivity index (χ2v) is 5.59. The summed E-state index contributed by atoms with van der Waals surface area (Å²) in [6.07, 6.45) is 1.82. The summed E-state index contributed by atoms with van der Waals surface area (Å²) in [6, 6.07) is 8.31. The fraction of sp³-hybridized carbons (Fsp3) is 0.308. The normalized spacial score (nSPS) is 12.0. The molecule has 0 fully saturated rings. The Morgan fingerprint density at radius 3 is 2.62 bits per heavy atom. The molecular weight excluding hydrogens is 216 g/mol. The summed E-state index contributed by atoms with van der Waals surface area (Å²) in [5.41, 5.74) is 2.41. The van der Waals surface area contributed by atoms with Gasteiger partial charge in [-0.15, -0.1) is 0 Å². The molecule has 0 aliphatic carbocycles. The molecule has 1 aromatic heterocycles. The lowest BCUT2D eigenvalue weighted by molar-refractivity contribution is 0.589. The molecule has 2 aromatic rings. The number of fused-ring (bicyclic) bond motifs is 1. The highest BCUT2D eigenvalue weighted by atomic mass is 32.2. The lowest BCUT2D eigenvalue weighted by atomic mass is 9.86. The predicted molar refractivity (Wildman–Crippen MR) is 70.5 cm³/mol. The van der Waals surface area contributed by atoms with E-state index in [1.54, 1.807) is 0 Å². The minimum atomic E-state index is 0.121. The minimum absolute atomic E-state index is 0.121. The van der Waals surface area contributed by atoms with Crippen LogP contribution in [0, 0.1) is 0 Å². The van der Waals surface area contributed by atoms with Crippen molar-refractivity contribution in [2.24, 2.45) is 5.14 Å². The average Bonchev–Trinajstić information content (AvgIpc) is 2.26. The second-order valence-electron chi connectivity index (χ2n) is 4.91. The first-order valence-corrected chi connectivity index (χ1v) is 6.16. The first-order chi connectivity index (χ1) is 7.52. The molecule has 0 aliphatic heterocycles. The van der Waals surface area contributed by atoms with Crippen LogP contribution in [0.25, 0.3) is 10.9 Å². The van der Waals surface area contributed by atoms with Crippen LogP contribution in [0.1, 0.15) is 26.3 Å². The van der Waals surface area contributed by atoms with Gasteiger partial charge in [-0.1, -0.05) is 26.8 Å². The zero-order valence-electron chi connectivity index (χ0n) is 9.82. The topological polar surface area (TPSA) is 38.9 Å². The molecule has 0 bridgehead atoms. The van der Waals surface area contributed by atoms with Gasteiger partial charge in [0.1, 0.15) is 0 Å². The maximum atomic E-state index is 5.72. The van der Waals surface area contributed by atoms with Crippen molar-refractivity contribution in [3.63, 3.8) is 0 Å². The molecule has 0 spiro atoms. The molecule has 0 atom stereocenters. The number of hydrogen-bond donors (Lipinski definition) is 1. The zero-order valence-corrected chi connectivity index (χ0v) is 10.6. The van der Waals surface area contributed by atoms with Gasteiger partial charge in [-0.3, -0.25) is 10.1 Å². The van der Waals surface area contributed by atoms with Gasteiger partial charge in [0.15, 0.2) is 0 Å². The fourth-order valence-electron chi connectivity index (χ4n) is 1.68. The Bertz CT molecular complexity index is 515. The highest BCUT2D eigenvalue weighted by molar-refractivity contribution is 7.97. The van der Waals surface area contributed by atoms with E-state index in [-0.39, 0.29) is 5.41 Å². The van der Waals surface area contributed by atoms with Crippen LogP contribution >= 0.6 is 11.9 Å². The number of nitrogens with zero attached hydrogens (tertiary/aromatic N) is 1. The molecule has 1 heterocycles. The molecule has 84 valence electrons. The summed E-state index contributed by atoms with van der Waals surface area (Å²) in [4.78, 5) is 5.49. The second kappa shape index (κ2) is 4.07. The zero-order chi connectivity index (χ0) is 11.8. The van der Waals surface area contributed by atoms with Gasteiger partial charge in [0.05, 0.1) is 5.52 Å². The molecule has 2 nitrogen and oxygen atoms in total. The van der Waals surface area contributed by atoms with Gasteiger partial charge in [0.2, 0.25) is 0 Å². The third-order valence-electron chi connectivity index (χ3n) is 2.68. The average molecular weight is 232 g/mol. The summed E-state index contributed by atoms with van der Waals surface area (Å²) >= 11 is 1.29. The molecule has 0 amide bonds. The molecular formula is C13H16N2S. The van der Waals surface area contributed by atoms with Crippen molar-refractivity contribution in [2.45, 2.75) is 31.1 Å². The number of hydrogen-bond acceptors (Lipinski definition) is 3. The predicted octanol–water partition coefficient (Wildman–Crippen LogP) is 3.50. The van der Waals surface area contributed by atoms with Crippen molar-refractivity contribution < 1.29 is 0 Å². The largest absolute Gasteiger partial charge is 0.274 e. The van der Waals surface area contributed by atoms with E-state index >= 15 is 0 Å². The van der Waals surface area contributed by atoms with Gasteiger partial charge in [-0.2, -0.15) is 0 Å². The first kappa shape index (κ1) is 11.4. The molecule has 0 saturated carbocycles. The SMILES string of the molecule is CC(C)(C)c1cc(SN)c2cccnc2c1. The van der Waals surface area contributed by atoms with Crippen molar-refractivity contribution in [2.75, 3.05) is 0 Å². The molecule has 0 radical (unpaired) electrons. The van der Waals surface area contributed by atoms with Gasteiger partial charge in [-0.05, 0) is 41.1 Å². The molecule has 1 aromatic carbocycles. The van der Waals surface area contributed by atoms with E-state index in [1.807, 2.05) is 12.3 Å². The molecule has 16 heavy (non-hydrogen) atoms. The lowest BCUT2D eigenvalue weighted by Crippen LogP contribution is -2.11. The van der Waals surface area contributed by atoms with Gasteiger partial charge in [0.25, 0.3) is 0 Å². The Kier molecular flexibility index (Phi) is 2.91. The van der Waals surface area contributed by atoms with Crippen LogP contribution in [0.2, 0.25) is 0 Å². The maximum absolute atomic E-state index is 5.72. The Hall–Kier alpha value is -1.06. The molecule has 2 N–H and O–H groups in total. The molecule has 0 aliphatic rings. The summed E-state index contributed by atoms with van der Waals surface area (Å²) in [7, 11) is 0. The number of aromatic nitrogens is 1. The van der Waals surface area contributed by atoms with Gasteiger partial charge in [-0.25, -0.2) is 0 Å². The van der Waals surface area contributed by atoms with Crippen molar-refractivity contribution in [1.29, 1.82) is 0 Å². The van der Waals surface area contributed by atoms with Gasteiger partial charge < -0.3 is 0 Å². The van der Waals surface area contributed by atoms with E-state index in [2.05, 4.69) is 44.0 Å². The summed E-state index contributed by atoms with van der Waals surface area (Å²) < 4.78 is 0. The number of nitrogens with two attached hydrogens (primary N) is 1. The summed E-state index contributed by atoms with van der Waals surface area (Å²) in [5.74, 6) is 0. The quantitative estimate of drug-likeness (QED) is 0.765. The highest BCUT2D eigenvalue weighted by Gasteiger charge is 2.16. The van der Waals surface area contributed by atoms with Crippen LogP contribution in [-0.4, -0.2) is 4.98 Å². The highest BCUT2D eigenvalue weighted by Crippen LogP contribution is 2.31. The van der Waals surface area contributed by atoms with E-state index in [0.717, 1.165) is 15.8 Å². The Balaban J connectivity index is 2.73. The smallest absolute Gasteiger partial charge is 0.0716 e. The van der Waals surface area contributed by atoms with Crippen molar-refractivity contribution in [3.05, 3.63) is 36.0 Å². The third-order valence-corrected chi connectivity index (χ3v) is 3.27. The van der Waals surface area contributed by atoms with E-state index < -0.39 is 0 Å². The van der Waals surface area contributed by atoms with Crippen LogP contribution in [-0.2, 0) is 5.41 Å². The van der Waals surface area contributed by atoms with Gasteiger partial charge >= 0.3 is 0 Å². The minimum Gasteiger partial charge on any atom is -0.274 e. The first-order valence-electron chi connectivity index (χ1n) is 5.28. The summed E-state index contributed by atoms with van der Waals surface area (Å²) in [6.45, 7) is 6.59. The van der Waals surface area contributed by atoms with Crippen molar-refractivity contribution >= 4 is 22.9 Å². The van der Waals surface area contributed by atoms with E-state index in [1.165, 1.54) is 17.5 Å². The number of rotatable bonds is 1. The van der Waals surface area contributed by atoms with Crippen LogP contribution in [0.4, 0.5) is 0 Å². The molecule has 3 heteroatoms. The van der Waals surface area contributed by atoms with Crippen molar-refractivity contribution in [1.82, 2.24) is 4.98 Å². The standard InChI is InChI=1S/C13H16N2S/c1-13(2,3)9-7-11-10(5-4-6-15-11)12(8-9)16-14/h4-8H,14H2,1-3H3. The van der Waals surface area contributed by atoms with Crippen LogP contribution in [0.3, 0.4) is 0 Å². The van der Waals surface area contributed by atoms with E-state index in [0.29, 0.717) is 0 Å². The van der Waals surface area contributed by atoms with Crippen molar-refractivity contribution in [3.8, 4) is 0 Å². The van der Waals surface area contributed by atoms with Crippen LogP contribution in [0.5, 0.6) is 0 Å². The Morgan fingerprint density at radius 1 is 1.25 bits per heavy atom.